The molecule has 11 heteroatoms. The summed E-state index contributed by atoms with van der Waals surface area (Å²) in [5.74, 6) is 3.04. The number of aryl methyl sites for hydroxylation is 1. The Bertz CT molecular complexity index is 1570. The largest absolute Gasteiger partial charge is 0.493 e. The van der Waals surface area contributed by atoms with E-state index in [1.165, 1.54) is 11.3 Å². The third kappa shape index (κ3) is 5.56. The van der Waals surface area contributed by atoms with E-state index in [0.717, 1.165) is 51.2 Å². The highest BCUT2D eigenvalue weighted by Gasteiger charge is 2.39. The van der Waals surface area contributed by atoms with E-state index in [2.05, 4.69) is 19.7 Å². The van der Waals surface area contributed by atoms with Gasteiger partial charge in [0.2, 0.25) is 0 Å². The van der Waals surface area contributed by atoms with Gasteiger partial charge >= 0.3 is 5.97 Å². The molecule has 1 aliphatic heterocycles. The maximum Gasteiger partial charge on any atom is 0.311 e. The second-order valence-corrected chi connectivity index (χ2v) is 11.7. The van der Waals surface area contributed by atoms with Gasteiger partial charge in [0.05, 0.1) is 37.9 Å². The van der Waals surface area contributed by atoms with E-state index in [0.29, 0.717) is 41.9 Å². The summed E-state index contributed by atoms with van der Waals surface area (Å²) in [5, 5.41) is 10.8. The molecule has 3 heterocycles. The Hall–Kier alpha value is -3.47. The SMILES string of the molecule is CCOC(=O)Cc1cnc(CC[C@@H]2O[C@@H](c3cccc(OC)c3OC)c3cc(Cl)ccc3-n3c(C4CC4)nnc32)s1. The molecule has 0 spiro atoms. The molecule has 0 amide bonds. The topological polar surface area (TPSA) is 97.6 Å². The van der Waals surface area contributed by atoms with E-state index in [1.807, 2.05) is 36.4 Å². The molecule has 1 fully saturated rings. The van der Waals surface area contributed by atoms with Gasteiger partial charge in [-0.1, -0.05) is 23.7 Å². The quantitative estimate of drug-likeness (QED) is 0.201. The van der Waals surface area contributed by atoms with Crippen LogP contribution < -0.4 is 9.47 Å². The number of fused-ring (bicyclic) bond motifs is 3. The van der Waals surface area contributed by atoms with Crippen LogP contribution in [0.3, 0.4) is 0 Å². The Morgan fingerprint density at radius 1 is 1.12 bits per heavy atom. The fourth-order valence-electron chi connectivity index (χ4n) is 5.32. The first-order chi connectivity index (χ1) is 20.0. The number of esters is 1. The highest BCUT2D eigenvalue weighted by atomic mass is 35.5. The number of methoxy groups -OCH3 is 2. The zero-order valence-electron chi connectivity index (χ0n) is 23.1. The molecule has 1 aliphatic carbocycles. The molecule has 1 saturated carbocycles. The Kier molecular flexibility index (Phi) is 7.96. The molecule has 9 nitrogen and oxygen atoms in total. The predicted octanol–water partition coefficient (Wildman–Crippen LogP) is 6.17. The normalized spacial score (nSPS) is 17.9. The van der Waals surface area contributed by atoms with Crippen LogP contribution in [0.15, 0.2) is 42.6 Å². The molecule has 2 aromatic heterocycles. The van der Waals surface area contributed by atoms with Gasteiger partial charge in [-0.2, -0.15) is 0 Å². The molecular weight excluding hydrogens is 564 g/mol. The minimum absolute atomic E-state index is 0.221. The van der Waals surface area contributed by atoms with Gasteiger partial charge in [0.15, 0.2) is 17.3 Å². The number of hydrogen-bond acceptors (Lipinski definition) is 9. The highest BCUT2D eigenvalue weighted by Crippen LogP contribution is 2.48. The summed E-state index contributed by atoms with van der Waals surface area (Å²) >= 11 is 8.09. The first-order valence-corrected chi connectivity index (χ1v) is 14.9. The molecule has 0 bridgehead atoms. The van der Waals surface area contributed by atoms with Crippen LogP contribution in [0.2, 0.25) is 5.02 Å². The number of ether oxygens (including phenoxy) is 4. The molecule has 0 N–H and O–H groups in total. The lowest BCUT2D eigenvalue weighted by molar-refractivity contribution is -0.142. The van der Waals surface area contributed by atoms with Crippen LogP contribution in [-0.4, -0.2) is 46.5 Å². The standard InChI is InChI=1S/C30H31ClN4O5S/c1-4-39-26(36)15-19-16-32-25(41-19)13-12-24-30-34-33-29(17-8-9-17)35(30)22-11-10-18(31)14-21(22)27(40-24)20-6-5-7-23(37-2)28(20)38-3/h5-7,10-11,14,16-17,24,27H,4,8-9,12-13,15H2,1-3H3/t24-,27-/m0/s1. The van der Waals surface area contributed by atoms with E-state index in [-0.39, 0.29) is 12.4 Å². The summed E-state index contributed by atoms with van der Waals surface area (Å²) in [4.78, 5) is 17.4. The number of rotatable bonds is 10. The summed E-state index contributed by atoms with van der Waals surface area (Å²) in [6, 6.07) is 11.6. The number of aromatic nitrogens is 4. The van der Waals surface area contributed by atoms with E-state index >= 15 is 0 Å². The van der Waals surface area contributed by atoms with Crippen LogP contribution in [0.4, 0.5) is 0 Å². The van der Waals surface area contributed by atoms with Crippen molar-refractivity contribution < 1.29 is 23.7 Å². The van der Waals surface area contributed by atoms with Crippen molar-refractivity contribution in [1.82, 2.24) is 19.7 Å². The number of carbonyl (C=O) groups is 1. The zero-order valence-corrected chi connectivity index (χ0v) is 24.7. The number of nitrogens with zero attached hydrogens (tertiary/aromatic N) is 4. The second-order valence-electron chi connectivity index (χ2n) is 10.1. The molecule has 6 rings (SSSR count). The van der Waals surface area contributed by atoms with Crippen molar-refractivity contribution in [2.75, 3.05) is 20.8 Å². The van der Waals surface area contributed by atoms with E-state index in [4.69, 9.17) is 30.5 Å². The third-order valence-corrected chi connectivity index (χ3v) is 8.61. The first-order valence-electron chi connectivity index (χ1n) is 13.7. The molecule has 2 atom stereocenters. The highest BCUT2D eigenvalue weighted by molar-refractivity contribution is 7.11. The number of halogens is 1. The lowest BCUT2D eigenvalue weighted by Crippen LogP contribution is -2.13. The molecule has 2 aromatic carbocycles. The van der Waals surface area contributed by atoms with E-state index < -0.39 is 12.2 Å². The number of thiazole rings is 1. The number of benzene rings is 2. The lowest BCUT2D eigenvalue weighted by Gasteiger charge is -2.25. The Morgan fingerprint density at radius 2 is 1.95 bits per heavy atom. The second kappa shape index (κ2) is 11.8. The van der Waals surface area contributed by atoms with Crippen LogP contribution in [0.5, 0.6) is 11.5 Å². The number of para-hydroxylation sites is 1. The minimum Gasteiger partial charge on any atom is -0.493 e. The Labute approximate surface area is 247 Å². The van der Waals surface area contributed by atoms with Crippen molar-refractivity contribution in [3.8, 4) is 17.2 Å². The van der Waals surface area contributed by atoms with Gasteiger partial charge in [0.1, 0.15) is 18.0 Å². The van der Waals surface area contributed by atoms with Crippen LogP contribution in [0, 0.1) is 0 Å². The van der Waals surface area contributed by atoms with E-state index in [9.17, 15) is 4.79 Å². The van der Waals surface area contributed by atoms with Gasteiger partial charge in [-0.3, -0.25) is 9.36 Å². The molecule has 4 aromatic rings. The van der Waals surface area contributed by atoms with Gasteiger partial charge < -0.3 is 18.9 Å². The van der Waals surface area contributed by atoms with Gasteiger partial charge in [-0.15, -0.1) is 21.5 Å². The fourth-order valence-corrected chi connectivity index (χ4v) is 6.42. The van der Waals surface area contributed by atoms with Crippen molar-refractivity contribution in [3.63, 3.8) is 0 Å². The molecule has 214 valence electrons. The predicted molar refractivity (Wildman–Crippen MR) is 154 cm³/mol. The monoisotopic (exact) mass is 594 g/mol. The summed E-state index contributed by atoms with van der Waals surface area (Å²) in [6.07, 6.45) is 4.48. The van der Waals surface area contributed by atoms with Gasteiger partial charge in [-0.05, 0) is 50.5 Å². The van der Waals surface area contributed by atoms with Gasteiger partial charge in [0.25, 0.3) is 0 Å². The minimum atomic E-state index is -0.511. The molecule has 0 saturated heterocycles. The van der Waals surface area contributed by atoms with Crippen LogP contribution in [0.1, 0.15) is 77.0 Å². The number of hydrogen-bond donors (Lipinski definition) is 0. The Morgan fingerprint density at radius 3 is 2.71 bits per heavy atom. The summed E-state index contributed by atoms with van der Waals surface area (Å²) < 4.78 is 25.7. The Balaban J connectivity index is 1.40. The van der Waals surface area contributed by atoms with Gasteiger partial charge in [-0.25, -0.2) is 4.98 Å². The number of carbonyl (C=O) groups excluding carboxylic acids is 1. The molecular formula is C30H31ClN4O5S. The van der Waals surface area contributed by atoms with Crippen LogP contribution in [-0.2, 0) is 27.1 Å². The van der Waals surface area contributed by atoms with Crippen molar-refractivity contribution >= 4 is 28.9 Å². The van der Waals surface area contributed by atoms with Crippen molar-refractivity contribution in [3.05, 3.63) is 80.3 Å². The maximum absolute atomic E-state index is 12.0. The van der Waals surface area contributed by atoms with Crippen molar-refractivity contribution in [1.29, 1.82) is 0 Å². The third-order valence-electron chi connectivity index (χ3n) is 7.32. The molecule has 2 aliphatic rings. The zero-order chi connectivity index (χ0) is 28.5. The summed E-state index contributed by atoms with van der Waals surface area (Å²) in [5.41, 5.74) is 2.68. The fraction of sp³-hybridized carbons (Fsp3) is 0.400. The smallest absolute Gasteiger partial charge is 0.311 e. The lowest BCUT2D eigenvalue weighted by atomic mass is 9.98. The van der Waals surface area contributed by atoms with Crippen molar-refractivity contribution in [2.24, 2.45) is 0 Å². The molecule has 41 heavy (non-hydrogen) atoms. The van der Waals surface area contributed by atoms with E-state index in [1.54, 1.807) is 27.3 Å². The average molecular weight is 595 g/mol. The maximum atomic E-state index is 12.0. The summed E-state index contributed by atoms with van der Waals surface area (Å²) in [6.45, 7) is 2.16. The van der Waals surface area contributed by atoms with Crippen molar-refractivity contribution in [2.45, 2.75) is 57.2 Å². The molecule has 0 unspecified atom stereocenters. The van der Waals surface area contributed by atoms with Gasteiger partial charge in [0, 0.05) is 39.6 Å². The first kappa shape index (κ1) is 27.7. The summed E-state index contributed by atoms with van der Waals surface area (Å²) in [7, 11) is 3.25. The van der Waals surface area contributed by atoms with Crippen LogP contribution in [0.25, 0.3) is 5.69 Å². The average Bonchev–Trinajstić information content (AvgIpc) is 3.61. The van der Waals surface area contributed by atoms with Crippen LogP contribution >= 0.6 is 22.9 Å². The molecule has 0 radical (unpaired) electrons.